The lowest BCUT2D eigenvalue weighted by Crippen LogP contribution is -2.34. The van der Waals surface area contributed by atoms with Crippen LogP contribution >= 0.6 is 0 Å². The summed E-state index contributed by atoms with van der Waals surface area (Å²) in [5.74, 6) is -0.333. The van der Waals surface area contributed by atoms with E-state index in [4.69, 9.17) is 4.42 Å². The number of benzene rings is 1. The van der Waals surface area contributed by atoms with Crippen LogP contribution in [0, 0.1) is 6.92 Å². The third-order valence-corrected chi connectivity index (χ3v) is 6.20. The summed E-state index contributed by atoms with van der Waals surface area (Å²) >= 11 is 0. The van der Waals surface area contributed by atoms with Crippen molar-refractivity contribution < 1.29 is 19.1 Å². The Labute approximate surface area is 190 Å². The molecule has 2 aromatic rings. The van der Waals surface area contributed by atoms with Crippen molar-refractivity contribution in [2.24, 2.45) is 0 Å². The first-order chi connectivity index (χ1) is 15.3. The Bertz CT molecular complexity index is 984. The Morgan fingerprint density at radius 1 is 1.12 bits per heavy atom. The van der Waals surface area contributed by atoms with Crippen LogP contribution in [0.3, 0.4) is 0 Å². The molecular weight excluding hydrogens is 404 g/mol. The Morgan fingerprint density at radius 3 is 2.31 bits per heavy atom. The molecule has 1 aromatic heterocycles. The summed E-state index contributed by atoms with van der Waals surface area (Å²) in [4.78, 5) is 30.3. The smallest absolute Gasteiger partial charge is 0.290 e. The topological polar surface area (TPSA) is 74.0 Å². The van der Waals surface area contributed by atoms with E-state index < -0.39 is 23.5 Å². The van der Waals surface area contributed by atoms with Gasteiger partial charge in [-0.25, -0.2) is 0 Å². The van der Waals surface area contributed by atoms with Gasteiger partial charge >= 0.3 is 0 Å². The quantitative estimate of drug-likeness (QED) is 0.527. The maximum absolute atomic E-state index is 13.3. The van der Waals surface area contributed by atoms with E-state index in [1.54, 1.807) is 24.0 Å². The zero-order chi connectivity index (χ0) is 23.4. The minimum absolute atomic E-state index is 0.0875. The number of ketones is 1. The van der Waals surface area contributed by atoms with Crippen molar-refractivity contribution in [3.63, 3.8) is 0 Å². The van der Waals surface area contributed by atoms with E-state index in [0.29, 0.717) is 18.2 Å². The van der Waals surface area contributed by atoms with Crippen molar-refractivity contribution in [1.29, 1.82) is 0 Å². The molecule has 0 aliphatic carbocycles. The highest BCUT2D eigenvalue weighted by Gasteiger charge is 2.44. The summed E-state index contributed by atoms with van der Waals surface area (Å²) in [7, 11) is 0. The summed E-state index contributed by atoms with van der Waals surface area (Å²) < 4.78 is 5.52. The molecule has 0 bridgehead atoms. The molecule has 0 saturated heterocycles. The van der Waals surface area contributed by atoms with Crippen LogP contribution in [0.15, 0.2) is 52.1 Å². The van der Waals surface area contributed by atoms with Gasteiger partial charge in [0.25, 0.3) is 5.91 Å². The number of hydrogen-bond acceptors (Lipinski definition) is 5. The Kier molecular flexibility index (Phi) is 7.56. The summed E-state index contributed by atoms with van der Waals surface area (Å²) in [5.41, 5.74) is 2.07. The van der Waals surface area contributed by atoms with Crippen LogP contribution in [-0.4, -0.2) is 52.8 Å². The molecular formula is C26H34N2O4. The lowest BCUT2D eigenvalue weighted by atomic mass is 9.93. The molecule has 1 N–H and O–H groups in total. The van der Waals surface area contributed by atoms with Crippen molar-refractivity contribution in [3.05, 3.63) is 70.4 Å². The highest BCUT2D eigenvalue weighted by molar-refractivity contribution is 6.15. The summed E-state index contributed by atoms with van der Waals surface area (Å²) in [6.07, 6.45) is 0.753. The molecule has 6 nitrogen and oxygen atoms in total. The van der Waals surface area contributed by atoms with Gasteiger partial charge in [-0.05, 0) is 62.2 Å². The molecule has 1 aromatic carbocycles. The molecule has 0 unspecified atom stereocenters. The van der Waals surface area contributed by atoms with E-state index in [-0.39, 0.29) is 11.3 Å². The van der Waals surface area contributed by atoms with Gasteiger partial charge in [0, 0.05) is 6.54 Å². The van der Waals surface area contributed by atoms with E-state index in [0.717, 1.165) is 31.6 Å². The zero-order valence-electron chi connectivity index (χ0n) is 19.7. The molecule has 0 fully saturated rings. The molecule has 0 radical (unpaired) electrons. The maximum atomic E-state index is 13.3. The second-order valence-corrected chi connectivity index (χ2v) is 8.60. The number of rotatable bonds is 10. The average molecular weight is 439 g/mol. The van der Waals surface area contributed by atoms with Crippen molar-refractivity contribution in [3.8, 4) is 0 Å². The highest BCUT2D eigenvalue weighted by atomic mass is 16.3. The largest absolute Gasteiger partial charge is 0.503 e. The molecule has 1 aliphatic rings. The number of furan rings is 1. The van der Waals surface area contributed by atoms with Gasteiger partial charge in [-0.3, -0.25) is 9.59 Å². The highest BCUT2D eigenvalue weighted by Crippen LogP contribution is 2.39. The molecule has 3 rings (SSSR count). The second-order valence-electron chi connectivity index (χ2n) is 8.60. The van der Waals surface area contributed by atoms with Crippen LogP contribution in [0.25, 0.3) is 0 Å². The fourth-order valence-corrected chi connectivity index (χ4v) is 4.22. The Balaban J connectivity index is 1.96. The van der Waals surface area contributed by atoms with Crippen molar-refractivity contribution in [2.45, 2.75) is 53.0 Å². The first-order valence-electron chi connectivity index (χ1n) is 11.5. The van der Waals surface area contributed by atoms with Gasteiger partial charge in [0.2, 0.25) is 5.78 Å². The third-order valence-electron chi connectivity index (χ3n) is 6.20. The van der Waals surface area contributed by atoms with Gasteiger partial charge < -0.3 is 19.3 Å². The Hall–Kier alpha value is -2.86. The number of Topliss-reactive ketones (excluding diaryl/α,β-unsaturated/α-hetero) is 1. The van der Waals surface area contributed by atoms with Gasteiger partial charge in [-0.2, -0.15) is 0 Å². The number of carbonyl (C=O) groups excluding carboxylic acids is 2. The maximum Gasteiger partial charge on any atom is 0.290 e. The summed E-state index contributed by atoms with van der Waals surface area (Å²) in [5, 5.41) is 10.8. The number of aliphatic hydroxyl groups is 1. The second kappa shape index (κ2) is 10.2. The van der Waals surface area contributed by atoms with Gasteiger partial charge in [-0.1, -0.05) is 52.0 Å². The van der Waals surface area contributed by atoms with Crippen molar-refractivity contribution in [1.82, 2.24) is 9.80 Å². The normalized spacial score (nSPS) is 16.7. The number of aliphatic hydroxyl groups excluding tert-OH is 1. The fraction of sp³-hybridized carbons (Fsp3) is 0.462. The monoisotopic (exact) mass is 438 g/mol. The van der Waals surface area contributed by atoms with Gasteiger partial charge in [-0.15, -0.1) is 0 Å². The molecule has 6 heteroatoms. The first kappa shape index (κ1) is 23.8. The number of carbonyl (C=O) groups is 2. The number of nitrogens with zero attached hydrogens (tertiary/aromatic N) is 2. The zero-order valence-corrected chi connectivity index (χ0v) is 19.7. The van der Waals surface area contributed by atoms with Crippen LogP contribution in [0.1, 0.15) is 73.5 Å². The number of aryl methyl sites for hydroxylation is 1. The lowest BCUT2D eigenvalue weighted by molar-refractivity contribution is -0.129. The van der Waals surface area contributed by atoms with E-state index >= 15 is 0 Å². The molecule has 0 spiro atoms. The summed E-state index contributed by atoms with van der Waals surface area (Å²) in [6, 6.07) is 10.6. The minimum atomic E-state index is -0.640. The molecule has 32 heavy (non-hydrogen) atoms. The van der Waals surface area contributed by atoms with Crippen LogP contribution < -0.4 is 0 Å². The first-order valence-corrected chi connectivity index (χ1v) is 11.5. The minimum Gasteiger partial charge on any atom is -0.503 e. The van der Waals surface area contributed by atoms with Crippen LogP contribution in [0.4, 0.5) is 0 Å². The molecule has 1 aliphatic heterocycles. The molecule has 1 atom stereocenters. The predicted octanol–water partition coefficient (Wildman–Crippen LogP) is 5.02. The van der Waals surface area contributed by atoms with Gasteiger partial charge in [0.1, 0.15) is 5.76 Å². The average Bonchev–Trinajstić information content (AvgIpc) is 3.33. The third kappa shape index (κ3) is 4.80. The van der Waals surface area contributed by atoms with E-state index in [2.05, 4.69) is 32.6 Å². The molecule has 172 valence electrons. The number of hydrogen-bond donors (Lipinski definition) is 1. The fourth-order valence-electron chi connectivity index (χ4n) is 4.22. The van der Waals surface area contributed by atoms with E-state index in [1.807, 2.05) is 24.3 Å². The van der Waals surface area contributed by atoms with Crippen molar-refractivity contribution >= 4 is 11.7 Å². The number of amides is 1. The van der Waals surface area contributed by atoms with Crippen LogP contribution in [0.5, 0.6) is 0 Å². The van der Waals surface area contributed by atoms with Gasteiger partial charge in [0.05, 0.1) is 11.6 Å². The molecule has 2 heterocycles. The molecule has 0 saturated carbocycles. The Morgan fingerprint density at radius 2 is 1.78 bits per heavy atom. The standard InChI is InChI=1S/C26H34N2O4/c1-6-27(7-2)15-8-16-28-23(20-12-10-19(11-13-20)17(3)4)22(25(30)26(28)31)24(29)21-14-9-18(5)32-21/h9-14,17,23,30H,6-8,15-16H2,1-5H3/t23-/m1/s1. The van der Waals surface area contributed by atoms with E-state index in [9.17, 15) is 14.7 Å². The summed E-state index contributed by atoms with van der Waals surface area (Å²) in [6.45, 7) is 13.4. The van der Waals surface area contributed by atoms with Crippen molar-refractivity contribution in [2.75, 3.05) is 26.2 Å². The van der Waals surface area contributed by atoms with Gasteiger partial charge in [0.15, 0.2) is 11.5 Å². The lowest BCUT2D eigenvalue weighted by Gasteiger charge is -2.28. The van der Waals surface area contributed by atoms with E-state index in [1.165, 1.54) is 5.56 Å². The van der Waals surface area contributed by atoms with Crippen LogP contribution in [0.2, 0.25) is 0 Å². The SMILES string of the molecule is CCN(CC)CCCN1C(=O)C(O)=C(C(=O)c2ccc(C)o2)[C@H]1c1ccc(C(C)C)cc1. The molecule has 1 amide bonds. The van der Waals surface area contributed by atoms with Crippen LogP contribution in [-0.2, 0) is 4.79 Å². The predicted molar refractivity (Wildman–Crippen MR) is 125 cm³/mol.